The molecule has 0 saturated carbocycles. The molecule has 4 heteroatoms. The van der Waals surface area contributed by atoms with Crippen molar-refractivity contribution in [2.75, 3.05) is 0 Å². The summed E-state index contributed by atoms with van der Waals surface area (Å²) in [5.74, 6) is 0. The fraction of sp³-hybridized carbons (Fsp3) is 0. The van der Waals surface area contributed by atoms with Crippen molar-refractivity contribution in [1.82, 2.24) is 0 Å². The maximum atomic E-state index is 9.58. The summed E-state index contributed by atoms with van der Waals surface area (Å²) in [5.41, 5.74) is 0. The third kappa shape index (κ3) is 75.7. The first-order valence-corrected chi connectivity index (χ1v) is 0.567. The summed E-state index contributed by atoms with van der Waals surface area (Å²) in [5, 5.41) is 0. The van der Waals surface area contributed by atoms with Gasteiger partial charge in [0.2, 0.25) is 0 Å². The molecule has 0 aliphatic carbocycles. The predicted molar refractivity (Wildman–Crippen MR) is 6.57 cm³/mol. The Morgan fingerprint density at radius 1 is 1.00 bits per heavy atom. The van der Waals surface area contributed by atoms with Gasteiger partial charge in [0.15, 0.2) is 6.68 Å². The van der Waals surface area contributed by atoms with Gasteiger partial charge < -0.3 is 13.2 Å². The third-order valence-electron chi connectivity index (χ3n) is 0. The molecule has 0 bridgehead atoms. The minimum absolute atomic E-state index is 0. The van der Waals surface area contributed by atoms with Gasteiger partial charge in [0.1, 0.15) is 0 Å². The quantitative estimate of drug-likeness (QED) is 0.417. The van der Waals surface area contributed by atoms with Crippen LogP contribution in [0.2, 0.25) is 0 Å². The molecule has 0 saturated heterocycles. The van der Waals surface area contributed by atoms with E-state index in [2.05, 4.69) is 0 Å². The van der Waals surface area contributed by atoms with Gasteiger partial charge in [-0.15, -0.1) is 0 Å². The molecule has 5 heavy (non-hydrogen) atoms. The maximum Gasteiger partial charge on any atom is 0.154 e. The van der Waals surface area contributed by atoms with Gasteiger partial charge >= 0.3 is 0 Å². The average molecular weight is 114 g/mol. The molecule has 0 aliphatic rings. The van der Waals surface area contributed by atoms with E-state index in [1.807, 2.05) is 0 Å². The van der Waals surface area contributed by atoms with Gasteiger partial charge in [-0.2, -0.15) is 0 Å². The van der Waals surface area contributed by atoms with Crippen LogP contribution in [0.3, 0.4) is 0 Å². The Labute approximate surface area is 46.1 Å². The first-order chi connectivity index (χ1) is 1.73. The Bertz CT molecular complexity index is 11.6. The summed E-state index contributed by atoms with van der Waals surface area (Å²) in [7, 11) is 0. The van der Waals surface area contributed by atoms with E-state index >= 15 is 0 Å². The molecule has 0 nitrogen and oxygen atoms in total. The fourth-order valence-electron chi connectivity index (χ4n) is 0. The summed E-state index contributed by atoms with van der Waals surface area (Å²) in [4.78, 5) is 0. The topological polar surface area (TPSA) is 0 Å². The van der Waals surface area contributed by atoms with E-state index in [4.69, 9.17) is 0 Å². The van der Waals surface area contributed by atoms with Gasteiger partial charge in [0.05, 0.1) is 0 Å². The van der Waals surface area contributed by atoms with Crippen LogP contribution in [0.5, 0.6) is 0 Å². The minimum atomic E-state index is -3.08. The Kier molecular flexibility index (Phi) is 8.55. The Hall–Kier alpha value is 0.660. The first-order valence-electron chi connectivity index (χ1n) is 0.567. The average Bonchev–Trinajstić information content (AvgIpc) is 0.811. The molecule has 29 valence electrons. The standard InChI is InChI=1S/CF3.Sc/c2-1(3)4;/q-1;. The number of hydrogen-bond acceptors (Lipinski definition) is 0. The second-order valence-electron chi connectivity index (χ2n) is 0.214. The van der Waals surface area contributed by atoms with Crippen LogP contribution in [-0.4, -0.2) is 0 Å². The molecule has 0 aromatic rings. The molecule has 0 fully saturated rings. The predicted octanol–water partition coefficient (Wildman–Crippen LogP) is 1.34. The van der Waals surface area contributed by atoms with Crippen molar-refractivity contribution in [2.24, 2.45) is 0 Å². The van der Waals surface area contributed by atoms with Crippen LogP contribution >= 0.6 is 0 Å². The van der Waals surface area contributed by atoms with Crippen LogP contribution in [0, 0.1) is 6.68 Å². The summed E-state index contributed by atoms with van der Waals surface area (Å²) in [6.45, 7) is -3.08. The molecule has 0 rings (SSSR count). The van der Waals surface area contributed by atoms with E-state index in [9.17, 15) is 13.2 Å². The van der Waals surface area contributed by atoms with Crippen molar-refractivity contribution in [3.05, 3.63) is 6.68 Å². The summed E-state index contributed by atoms with van der Waals surface area (Å²) < 4.78 is 28.8. The molecule has 0 unspecified atom stereocenters. The van der Waals surface area contributed by atoms with E-state index in [-0.39, 0.29) is 25.8 Å². The number of halogens is 3. The van der Waals surface area contributed by atoms with E-state index < -0.39 is 6.68 Å². The van der Waals surface area contributed by atoms with E-state index in [0.29, 0.717) is 0 Å². The zero-order chi connectivity index (χ0) is 3.58. The SMILES string of the molecule is F[C-](F)F.[Sc]. The van der Waals surface area contributed by atoms with Gasteiger partial charge in [0, 0.05) is 25.8 Å². The Morgan fingerprint density at radius 3 is 1.00 bits per heavy atom. The molecule has 0 aromatic heterocycles. The monoisotopic (exact) mass is 114 g/mol. The summed E-state index contributed by atoms with van der Waals surface area (Å²) >= 11 is 0. The molecular formula is CF3Sc-. The van der Waals surface area contributed by atoms with Gasteiger partial charge in [-0.1, -0.05) is 0 Å². The van der Waals surface area contributed by atoms with Crippen LogP contribution in [0.15, 0.2) is 0 Å². The normalized spacial score (nSPS) is 7.20. The molecule has 0 N–H and O–H groups in total. The largest absolute Gasteiger partial charge is 0.385 e. The molecule has 0 heterocycles. The van der Waals surface area contributed by atoms with Crippen LogP contribution < -0.4 is 0 Å². The van der Waals surface area contributed by atoms with Gasteiger partial charge in [-0.05, 0) is 0 Å². The molecule has 0 atom stereocenters. The molecule has 0 amide bonds. The van der Waals surface area contributed by atoms with Crippen molar-refractivity contribution in [3.63, 3.8) is 0 Å². The first kappa shape index (κ1) is 9.18. The van der Waals surface area contributed by atoms with Crippen molar-refractivity contribution >= 4 is 0 Å². The number of rotatable bonds is 0. The van der Waals surface area contributed by atoms with Gasteiger partial charge in [0.25, 0.3) is 0 Å². The molecule has 1 radical (unpaired) electrons. The van der Waals surface area contributed by atoms with Crippen LogP contribution in [0.25, 0.3) is 0 Å². The van der Waals surface area contributed by atoms with Crippen molar-refractivity contribution < 1.29 is 39.0 Å². The van der Waals surface area contributed by atoms with Crippen molar-refractivity contribution in [3.8, 4) is 0 Å². The minimum Gasteiger partial charge on any atom is -0.385 e. The van der Waals surface area contributed by atoms with Crippen LogP contribution in [-0.2, 0) is 25.8 Å². The fourth-order valence-corrected chi connectivity index (χ4v) is 0. The maximum absolute atomic E-state index is 9.58. The Morgan fingerprint density at radius 2 is 1.00 bits per heavy atom. The van der Waals surface area contributed by atoms with E-state index in [0.717, 1.165) is 0 Å². The van der Waals surface area contributed by atoms with Crippen LogP contribution in [0.1, 0.15) is 0 Å². The van der Waals surface area contributed by atoms with Gasteiger partial charge in [-0.25, -0.2) is 0 Å². The number of hydrogen-bond donors (Lipinski definition) is 0. The summed E-state index contributed by atoms with van der Waals surface area (Å²) in [6, 6.07) is 0. The van der Waals surface area contributed by atoms with E-state index in [1.54, 1.807) is 0 Å². The smallest absolute Gasteiger partial charge is 0.154 e. The molecule has 0 aromatic carbocycles. The zero-order valence-electron chi connectivity index (χ0n) is 2.21. The van der Waals surface area contributed by atoms with Crippen molar-refractivity contribution in [1.29, 1.82) is 0 Å². The van der Waals surface area contributed by atoms with Crippen LogP contribution in [0.4, 0.5) is 13.2 Å². The zero-order valence-corrected chi connectivity index (χ0v) is 4.01. The van der Waals surface area contributed by atoms with Crippen molar-refractivity contribution in [2.45, 2.75) is 0 Å². The second-order valence-corrected chi connectivity index (χ2v) is 0.214. The molecule has 0 spiro atoms. The third-order valence-corrected chi connectivity index (χ3v) is 0. The molecule has 0 aliphatic heterocycles. The second kappa shape index (κ2) is 4.66. The van der Waals surface area contributed by atoms with Gasteiger partial charge in [-0.3, -0.25) is 0 Å². The van der Waals surface area contributed by atoms with E-state index in [1.165, 1.54) is 0 Å². The Balaban J connectivity index is 0. The summed E-state index contributed by atoms with van der Waals surface area (Å²) in [6.07, 6.45) is 0. The molecular weight excluding hydrogens is 114 g/mol.